The molecule has 2 aromatic rings. The van der Waals surface area contributed by atoms with Gasteiger partial charge < -0.3 is 10.2 Å². The number of halogens is 2. The first-order chi connectivity index (χ1) is 13.9. The predicted octanol–water partition coefficient (Wildman–Crippen LogP) is 3.82. The number of benzene rings is 1. The molecule has 5 nitrogen and oxygen atoms in total. The van der Waals surface area contributed by atoms with Gasteiger partial charge in [0.15, 0.2) is 0 Å². The summed E-state index contributed by atoms with van der Waals surface area (Å²) in [7, 11) is 0. The summed E-state index contributed by atoms with van der Waals surface area (Å²) in [6.45, 7) is 2.08. The van der Waals surface area contributed by atoms with E-state index < -0.39 is 11.8 Å². The number of nitrogens with zero attached hydrogens (tertiary/aromatic N) is 2. The molecule has 2 aliphatic rings. The summed E-state index contributed by atoms with van der Waals surface area (Å²) in [5.74, 6) is -4.60. The summed E-state index contributed by atoms with van der Waals surface area (Å²) in [4.78, 5) is 30.1. The lowest BCUT2D eigenvalue weighted by Crippen LogP contribution is -2.42. The predicted molar refractivity (Wildman–Crippen MR) is 105 cm³/mol. The zero-order valence-corrected chi connectivity index (χ0v) is 16.2. The van der Waals surface area contributed by atoms with Crippen LogP contribution in [0.15, 0.2) is 42.6 Å². The first-order valence-corrected chi connectivity index (χ1v) is 9.89. The van der Waals surface area contributed by atoms with E-state index in [1.807, 2.05) is 0 Å². The van der Waals surface area contributed by atoms with Gasteiger partial charge in [-0.1, -0.05) is 18.2 Å². The number of anilines is 1. The number of aryl methyl sites for hydroxylation is 1. The zero-order chi connectivity index (χ0) is 20.6. The number of para-hydroxylation sites is 1. The quantitative estimate of drug-likeness (QED) is 0.850. The van der Waals surface area contributed by atoms with Gasteiger partial charge in [-0.3, -0.25) is 14.6 Å². The van der Waals surface area contributed by atoms with Gasteiger partial charge in [0, 0.05) is 24.5 Å². The van der Waals surface area contributed by atoms with Gasteiger partial charge in [0.25, 0.3) is 5.91 Å². The summed E-state index contributed by atoms with van der Waals surface area (Å²) in [5.41, 5.74) is 1.35. The van der Waals surface area contributed by atoms with Crippen LogP contribution in [-0.4, -0.2) is 29.4 Å². The minimum Gasteiger partial charge on any atom is -0.349 e. The number of nitrogens with one attached hydrogen (secondary N) is 1. The van der Waals surface area contributed by atoms with Crippen LogP contribution < -0.4 is 10.2 Å². The molecule has 1 aromatic carbocycles. The molecular weight excluding hydrogens is 376 g/mol. The standard InChI is InChI=1S/C22H23F2N3O2/c1-14-17(5-4-12-25-14)20(28)26-16-10-8-15(9-11-16)13-27-19-7-3-2-6-18(19)22(23,24)21(27)29/h2-7,12,15-16H,8-11,13H2,1H3,(H,26,28). The summed E-state index contributed by atoms with van der Waals surface area (Å²) in [6.07, 6.45) is 4.72. The molecule has 1 fully saturated rings. The van der Waals surface area contributed by atoms with Crippen LogP contribution >= 0.6 is 0 Å². The molecule has 0 unspecified atom stereocenters. The number of rotatable bonds is 4. The van der Waals surface area contributed by atoms with E-state index in [-0.39, 0.29) is 30.0 Å². The van der Waals surface area contributed by atoms with E-state index in [0.29, 0.717) is 16.9 Å². The molecule has 0 atom stereocenters. The Morgan fingerprint density at radius 1 is 1.17 bits per heavy atom. The maximum Gasteiger partial charge on any atom is 0.352 e. The van der Waals surface area contributed by atoms with E-state index in [4.69, 9.17) is 0 Å². The fourth-order valence-corrected chi connectivity index (χ4v) is 4.28. The number of pyridine rings is 1. The Kier molecular flexibility index (Phi) is 5.06. The molecule has 1 aliphatic carbocycles. The highest BCUT2D eigenvalue weighted by Gasteiger charge is 2.52. The van der Waals surface area contributed by atoms with E-state index in [2.05, 4.69) is 10.3 Å². The highest BCUT2D eigenvalue weighted by atomic mass is 19.3. The van der Waals surface area contributed by atoms with Crippen LogP contribution in [0.5, 0.6) is 0 Å². The van der Waals surface area contributed by atoms with Crippen LogP contribution in [0.25, 0.3) is 0 Å². The highest BCUT2D eigenvalue weighted by molar-refractivity contribution is 6.05. The second-order valence-electron chi connectivity index (χ2n) is 7.83. The molecule has 1 aliphatic heterocycles. The van der Waals surface area contributed by atoms with Gasteiger partial charge in [-0.2, -0.15) is 8.78 Å². The van der Waals surface area contributed by atoms with Crippen molar-refractivity contribution in [2.75, 3.05) is 11.4 Å². The van der Waals surface area contributed by atoms with Crippen LogP contribution in [0.1, 0.15) is 47.3 Å². The van der Waals surface area contributed by atoms with Crippen LogP contribution in [0.4, 0.5) is 14.5 Å². The number of carbonyl (C=O) groups excluding carboxylic acids is 2. The molecule has 1 aromatic heterocycles. The van der Waals surface area contributed by atoms with Crippen LogP contribution in [0.2, 0.25) is 0 Å². The van der Waals surface area contributed by atoms with Gasteiger partial charge in [0.05, 0.1) is 16.8 Å². The molecule has 0 bridgehead atoms. The molecule has 2 heterocycles. The Hall–Kier alpha value is -2.83. The molecule has 7 heteroatoms. The Morgan fingerprint density at radius 3 is 2.62 bits per heavy atom. The molecule has 4 rings (SSSR count). The maximum absolute atomic E-state index is 14.3. The van der Waals surface area contributed by atoms with Crippen molar-refractivity contribution in [2.24, 2.45) is 5.92 Å². The van der Waals surface area contributed by atoms with E-state index in [1.165, 1.54) is 17.0 Å². The second-order valence-corrected chi connectivity index (χ2v) is 7.83. The topological polar surface area (TPSA) is 62.3 Å². The zero-order valence-electron chi connectivity index (χ0n) is 16.2. The van der Waals surface area contributed by atoms with Crippen molar-refractivity contribution in [3.8, 4) is 0 Å². The smallest absolute Gasteiger partial charge is 0.349 e. The van der Waals surface area contributed by atoms with Gasteiger partial charge in [-0.25, -0.2) is 0 Å². The van der Waals surface area contributed by atoms with E-state index >= 15 is 0 Å². The Labute approximate surface area is 168 Å². The SMILES string of the molecule is Cc1ncccc1C(=O)NC1CCC(CN2C(=O)C(F)(F)c3ccccc32)CC1. The van der Waals surface area contributed by atoms with Crippen molar-refractivity contribution >= 4 is 17.5 Å². The lowest BCUT2D eigenvalue weighted by Gasteiger charge is -2.32. The molecular formula is C22H23F2N3O2. The Morgan fingerprint density at radius 2 is 1.90 bits per heavy atom. The monoisotopic (exact) mass is 399 g/mol. The van der Waals surface area contributed by atoms with Crippen molar-refractivity contribution in [2.45, 2.75) is 44.6 Å². The van der Waals surface area contributed by atoms with Gasteiger partial charge in [-0.15, -0.1) is 0 Å². The van der Waals surface area contributed by atoms with Crippen LogP contribution in [0.3, 0.4) is 0 Å². The fraction of sp³-hybridized carbons (Fsp3) is 0.409. The van der Waals surface area contributed by atoms with Crippen molar-refractivity contribution < 1.29 is 18.4 Å². The first-order valence-electron chi connectivity index (χ1n) is 9.89. The Balaban J connectivity index is 1.36. The number of hydrogen-bond acceptors (Lipinski definition) is 3. The average Bonchev–Trinajstić information content (AvgIpc) is 2.91. The van der Waals surface area contributed by atoms with Gasteiger partial charge in [-0.05, 0) is 56.7 Å². The molecule has 152 valence electrons. The minimum atomic E-state index is -3.46. The van der Waals surface area contributed by atoms with Gasteiger partial charge in [0.1, 0.15) is 0 Å². The number of carbonyl (C=O) groups is 2. The van der Waals surface area contributed by atoms with Gasteiger partial charge in [0.2, 0.25) is 0 Å². The van der Waals surface area contributed by atoms with Crippen LogP contribution in [-0.2, 0) is 10.7 Å². The average molecular weight is 399 g/mol. The lowest BCUT2D eigenvalue weighted by molar-refractivity contribution is -0.141. The van der Waals surface area contributed by atoms with Crippen molar-refractivity contribution in [3.63, 3.8) is 0 Å². The molecule has 1 N–H and O–H groups in total. The third-order valence-corrected chi connectivity index (χ3v) is 5.92. The minimum absolute atomic E-state index is 0.0429. The van der Waals surface area contributed by atoms with E-state index in [0.717, 1.165) is 25.7 Å². The number of amides is 2. The van der Waals surface area contributed by atoms with Gasteiger partial charge >= 0.3 is 11.8 Å². The maximum atomic E-state index is 14.3. The summed E-state index contributed by atoms with van der Waals surface area (Å²) in [6, 6.07) is 9.63. The van der Waals surface area contributed by atoms with Crippen molar-refractivity contribution in [1.82, 2.24) is 10.3 Å². The molecule has 0 radical (unpaired) electrons. The number of alkyl halides is 2. The number of fused-ring (bicyclic) bond motifs is 1. The normalized spacial score (nSPS) is 23.0. The van der Waals surface area contributed by atoms with E-state index in [9.17, 15) is 18.4 Å². The summed E-state index contributed by atoms with van der Waals surface area (Å²) in [5, 5.41) is 3.05. The molecule has 1 saturated carbocycles. The van der Waals surface area contributed by atoms with Crippen molar-refractivity contribution in [1.29, 1.82) is 0 Å². The Bertz CT molecular complexity index is 939. The van der Waals surface area contributed by atoms with E-state index in [1.54, 1.807) is 37.4 Å². The molecule has 2 amide bonds. The number of hydrogen-bond donors (Lipinski definition) is 1. The molecule has 29 heavy (non-hydrogen) atoms. The summed E-state index contributed by atoms with van der Waals surface area (Å²) < 4.78 is 28.6. The lowest BCUT2D eigenvalue weighted by atomic mass is 9.85. The summed E-state index contributed by atoms with van der Waals surface area (Å²) >= 11 is 0. The number of aromatic nitrogens is 1. The third-order valence-electron chi connectivity index (χ3n) is 5.92. The van der Waals surface area contributed by atoms with Crippen molar-refractivity contribution in [3.05, 3.63) is 59.4 Å². The fourth-order valence-electron chi connectivity index (χ4n) is 4.28. The third kappa shape index (κ3) is 3.61. The second kappa shape index (κ2) is 7.54. The largest absolute Gasteiger partial charge is 0.352 e. The first kappa shape index (κ1) is 19.5. The highest BCUT2D eigenvalue weighted by Crippen LogP contribution is 2.44. The molecule has 0 spiro atoms. The molecule has 0 saturated heterocycles. The van der Waals surface area contributed by atoms with Crippen LogP contribution in [0, 0.1) is 12.8 Å².